The monoisotopic (exact) mass is 625 g/mol. The minimum Gasteiger partial charge on any atom is -0.467 e. The van der Waals surface area contributed by atoms with Crippen LogP contribution in [-0.4, -0.2) is 90.4 Å². The third kappa shape index (κ3) is 10.8. The largest absolute Gasteiger partial charge is 0.467 e. The first-order valence-corrected chi connectivity index (χ1v) is 15.9. The second-order valence-corrected chi connectivity index (χ2v) is 13.0. The predicted molar refractivity (Wildman–Crippen MR) is 158 cm³/mol. The van der Waals surface area contributed by atoms with Crippen LogP contribution < -0.4 is 21.3 Å². The summed E-state index contributed by atoms with van der Waals surface area (Å²) in [5.41, 5.74) is -0.233. The third-order valence-corrected chi connectivity index (χ3v) is 8.45. The predicted octanol–water partition coefficient (Wildman–Crippen LogP) is 1.08. The van der Waals surface area contributed by atoms with Gasteiger partial charge in [-0.25, -0.2) is 14.6 Å². The van der Waals surface area contributed by atoms with Crippen molar-refractivity contribution in [3.63, 3.8) is 0 Å². The molecule has 15 heteroatoms. The number of fused-ring (bicyclic) bond motifs is 2. The van der Waals surface area contributed by atoms with Crippen LogP contribution >= 0.6 is 21.6 Å². The maximum atomic E-state index is 13.2. The van der Waals surface area contributed by atoms with Gasteiger partial charge < -0.3 is 30.7 Å². The second kappa shape index (κ2) is 16.9. The molecular formula is C27H39N5O8S2. The number of ether oxygens (including phenoxy) is 2. The number of hydrogen-bond acceptors (Lipinski definition) is 11. The van der Waals surface area contributed by atoms with Crippen molar-refractivity contribution in [1.29, 1.82) is 0 Å². The second-order valence-electron chi connectivity index (χ2n) is 10.5. The van der Waals surface area contributed by atoms with Crippen molar-refractivity contribution >= 4 is 57.2 Å². The molecule has 13 nitrogen and oxygen atoms in total. The lowest BCUT2D eigenvalue weighted by atomic mass is 10.0. The van der Waals surface area contributed by atoms with Crippen molar-refractivity contribution in [2.45, 2.75) is 64.7 Å². The molecule has 0 saturated heterocycles. The Balaban J connectivity index is 2.49. The summed E-state index contributed by atoms with van der Waals surface area (Å²) in [6.45, 7) is 7.51. The standard InChI is InChI=1S/C27H39N5O8S2/c1-14(2)10-18-24(35)31-20(26(37)39-5)12-41-42-13-21(27(38)40-6)32-25(36)19(11-15(3)4)30-23(34)17-9-7-8-16(28-17)22(33)29-18/h7-9,14-15,18-21H,10-13H2,1-6H3,(H,29,33)(H,30,34)(H,31,35)(H,32,36)/t18-,19-,20-,21-/m0/s1. The summed E-state index contributed by atoms with van der Waals surface area (Å²) in [7, 11) is 4.74. The van der Waals surface area contributed by atoms with E-state index in [-0.39, 0.29) is 47.6 Å². The Morgan fingerprint density at radius 3 is 1.48 bits per heavy atom. The molecule has 0 fully saturated rings. The number of carbonyl (C=O) groups excluding carboxylic acids is 6. The van der Waals surface area contributed by atoms with Crippen LogP contribution in [0.5, 0.6) is 0 Å². The average molecular weight is 626 g/mol. The highest BCUT2D eigenvalue weighted by Crippen LogP contribution is 2.24. The van der Waals surface area contributed by atoms with E-state index in [4.69, 9.17) is 9.47 Å². The molecule has 1 aromatic heterocycles. The topological polar surface area (TPSA) is 182 Å². The first-order chi connectivity index (χ1) is 19.9. The van der Waals surface area contributed by atoms with Gasteiger partial charge in [-0.15, -0.1) is 0 Å². The summed E-state index contributed by atoms with van der Waals surface area (Å²) in [5.74, 6) is -3.80. The van der Waals surface area contributed by atoms with Crippen molar-refractivity contribution in [2.24, 2.45) is 11.8 Å². The Hall–Kier alpha value is -3.33. The van der Waals surface area contributed by atoms with Gasteiger partial charge in [0, 0.05) is 11.5 Å². The SMILES string of the molecule is COC(=O)[C@@H]1CSSC[C@@H](C(=O)OC)NC(=O)[C@H](CC(C)C)NC(=O)c2cccc(n2)C(=O)N[C@@H](CC(C)C)C(=O)N1. The van der Waals surface area contributed by atoms with Crippen molar-refractivity contribution in [3.8, 4) is 0 Å². The molecular weight excluding hydrogens is 586 g/mol. The molecule has 2 rings (SSSR count). The van der Waals surface area contributed by atoms with E-state index in [2.05, 4.69) is 26.3 Å². The summed E-state index contributed by atoms with van der Waals surface area (Å²) >= 11 is 0. The van der Waals surface area contributed by atoms with E-state index in [1.165, 1.54) is 54.0 Å². The smallest absolute Gasteiger partial charge is 0.329 e. The Morgan fingerprint density at radius 2 is 1.14 bits per heavy atom. The van der Waals surface area contributed by atoms with Crippen LogP contribution in [0.4, 0.5) is 0 Å². The zero-order chi connectivity index (χ0) is 31.4. The Labute approximate surface area is 253 Å². The van der Waals surface area contributed by atoms with Gasteiger partial charge >= 0.3 is 11.9 Å². The van der Waals surface area contributed by atoms with Crippen LogP contribution in [0.2, 0.25) is 0 Å². The lowest BCUT2D eigenvalue weighted by molar-refractivity contribution is -0.145. The first-order valence-electron chi connectivity index (χ1n) is 13.5. The van der Waals surface area contributed by atoms with Gasteiger partial charge in [0.25, 0.3) is 11.8 Å². The number of aromatic nitrogens is 1. The van der Waals surface area contributed by atoms with Gasteiger partial charge in [-0.3, -0.25) is 19.2 Å². The van der Waals surface area contributed by atoms with Crippen LogP contribution in [0.1, 0.15) is 61.5 Å². The van der Waals surface area contributed by atoms with Gasteiger partial charge in [0.1, 0.15) is 35.6 Å². The number of pyridine rings is 1. The van der Waals surface area contributed by atoms with E-state index in [9.17, 15) is 28.8 Å². The van der Waals surface area contributed by atoms with E-state index in [0.29, 0.717) is 0 Å². The van der Waals surface area contributed by atoms with Crippen LogP contribution in [0.3, 0.4) is 0 Å². The number of nitrogens with one attached hydrogen (secondary N) is 4. The molecule has 0 aliphatic carbocycles. The first kappa shape index (κ1) is 34.9. The van der Waals surface area contributed by atoms with Gasteiger partial charge in [-0.2, -0.15) is 0 Å². The zero-order valence-corrected chi connectivity index (χ0v) is 26.2. The van der Waals surface area contributed by atoms with Gasteiger partial charge in [0.2, 0.25) is 11.8 Å². The number of nitrogens with zero attached hydrogens (tertiary/aromatic N) is 1. The van der Waals surface area contributed by atoms with Crippen molar-refractivity contribution in [2.75, 3.05) is 25.7 Å². The molecule has 1 aliphatic heterocycles. The fourth-order valence-corrected chi connectivity index (χ4v) is 6.25. The molecule has 0 unspecified atom stereocenters. The van der Waals surface area contributed by atoms with Crippen LogP contribution in [0.25, 0.3) is 0 Å². The number of hydrogen-bond donors (Lipinski definition) is 4. The van der Waals surface area contributed by atoms with E-state index < -0.39 is 59.7 Å². The highest BCUT2D eigenvalue weighted by molar-refractivity contribution is 8.76. The van der Waals surface area contributed by atoms with Crippen LogP contribution in [0, 0.1) is 11.8 Å². The number of rotatable bonds is 6. The van der Waals surface area contributed by atoms with Crippen LogP contribution in [-0.2, 0) is 28.7 Å². The molecule has 1 aromatic rings. The number of amides is 4. The summed E-state index contributed by atoms with van der Waals surface area (Å²) in [5, 5.41) is 10.6. The zero-order valence-electron chi connectivity index (χ0n) is 24.6. The molecule has 4 N–H and O–H groups in total. The van der Waals surface area contributed by atoms with Gasteiger partial charge in [0.05, 0.1) is 14.2 Å². The van der Waals surface area contributed by atoms with Crippen molar-refractivity contribution < 1.29 is 38.2 Å². The molecule has 4 atom stereocenters. The minimum atomic E-state index is -1.06. The molecule has 0 spiro atoms. The molecule has 0 radical (unpaired) electrons. The van der Waals surface area contributed by atoms with Gasteiger partial charge in [-0.05, 0) is 36.8 Å². The van der Waals surface area contributed by atoms with Crippen LogP contribution in [0.15, 0.2) is 18.2 Å². The highest BCUT2D eigenvalue weighted by Gasteiger charge is 2.31. The highest BCUT2D eigenvalue weighted by atomic mass is 33.1. The summed E-state index contributed by atoms with van der Waals surface area (Å²) in [4.78, 5) is 81.8. The minimum absolute atomic E-state index is 0.00687. The lowest BCUT2D eigenvalue weighted by Gasteiger charge is -2.23. The Bertz CT molecular complexity index is 1070. The number of carbonyl (C=O) groups is 6. The molecule has 2 bridgehead atoms. The van der Waals surface area contributed by atoms with E-state index in [0.717, 1.165) is 0 Å². The van der Waals surface area contributed by atoms with Gasteiger partial charge in [0.15, 0.2) is 0 Å². The third-order valence-electron chi connectivity index (χ3n) is 6.03. The Kier molecular flexibility index (Phi) is 14.1. The molecule has 232 valence electrons. The summed E-state index contributed by atoms with van der Waals surface area (Å²) in [6.07, 6.45) is 0.526. The Morgan fingerprint density at radius 1 is 0.762 bits per heavy atom. The molecule has 4 amide bonds. The molecule has 0 aromatic carbocycles. The van der Waals surface area contributed by atoms with E-state index in [1.54, 1.807) is 0 Å². The quantitative estimate of drug-likeness (QED) is 0.262. The fraction of sp³-hybridized carbons (Fsp3) is 0.593. The maximum absolute atomic E-state index is 13.2. The molecule has 2 heterocycles. The lowest BCUT2D eigenvalue weighted by Crippen LogP contribution is -2.53. The number of methoxy groups -OCH3 is 2. The number of esters is 2. The average Bonchev–Trinajstić information content (AvgIpc) is 2.95. The van der Waals surface area contributed by atoms with Crippen molar-refractivity contribution in [1.82, 2.24) is 26.3 Å². The summed E-state index contributed by atoms with van der Waals surface area (Å²) in [6, 6.07) is 0.113. The fourth-order valence-electron chi connectivity index (χ4n) is 3.96. The van der Waals surface area contributed by atoms with E-state index in [1.807, 2.05) is 27.7 Å². The van der Waals surface area contributed by atoms with E-state index >= 15 is 0 Å². The summed E-state index contributed by atoms with van der Waals surface area (Å²) < 4.78 is 9.71. The van der Waals surface area contributed by atoms with Gasteiger partial charge in [-0.1, -0.05) is 55.3 Å². The molecule has 1 aliphatic rings. The molecule has 42 heavy (non-hydrogen) atoms. The maximum Gasteiger partial charge on any atom is 0.329 e. The van der Waals surface area contributed by atoms with Crippen molar-refractivity contribution in [3.05, 3.63) is 29.6 Å². The molecule has 0 saturated carbocycles. The normalized spacial score (nSPS) is 23.0.